The number of thioether (sulfide) groups is 1. The third kappa shape index (κ3) is 4.46. The molecule has 0 fully saturated rings. The van der Waals surface area contributed by atoms with E-state index < -0.39 is 0 Å². The van der Waals surface area contributed by atoms with Crippen molar-refractivity contribution in [2.45, 2.75) is 38.0 Å². The number of hydrogen-bond acceptors (Lipinski definition) is 7. The number of benzene rings is 1. The largest absolute Gasteiger partial charge is 0.497 e. The van der Waals surface area contributed by atoms with Crippen LogP contribution in [0.3, 0.4) is 0 Å². The minimum atomic E-state index is -0.195. The van der Waals surface area contributed by atoms with Crippen molar-refractivity contribution in [1.82, 2.24) is 24.8 Å². The fraction of sp³-hybridized carbons (Fsp3) is 0.318. The predicted molar refractivity (Wildman–Crippen MR) is 118 cm³/mol. The third-order valence-electron chi connectivity index (χ3n) is 5.32. The highest BCUT2D eigenvalue weighted by atomic mass is 32.2. The highest BCUT2D eigenvalue weighted by Gasteiger charge is 2.28. The molecule has 1 N–H and O–H groups in total. The number of ether oxygens (including phenoxy) is 1. The highest BCUT2D eigenvalue weighted by Crippen LogP contribution is 2.32. The van der Waals surface area contributed by atoms with Crippen molar-refractivity contribution in [2.75, 3.05) is 12.9 Å². The van der Waals surface area contributed by atoms with E-state index in [9.17, 15) is 9.59 Å². The lowest BCUT2D eigenvalue weighted by Gasteiger charge is -2.14. The Bertz CT molecular complexity index is 1180. The van der Waals surface area contributed by atoms with Crippen molar-refractivity contribution in [3.8, 4) is 17.0 Å². The fourth-order valence-electron chi connectivity index (χ4n) is 3.41. The molecule has 1 amide bonds. The van der Waals surface area contributed by atoms with Gasteiger partial charge in [0.1, 0.15) is 12.1 Å². The maximum atomic E-state index is 12.6. The highest BCUT2D eigenvalue weighted by molar-refractivity contribution is 7.99. The SMILES string of the molecule is COc1ccc(-c2cc(CNC(=O)CC3CSc4nc(C)c(C)c(=O)n43)ncn2)cc1. The first kappa shape index (κ1) is 21.0. The molecule has 1 atom stereocenters. The number of nitrogens with zero attached hydrogens (tertiary/aromatic N) is 4. The lowest BCUT2D eigenvalue weighted by Crippen LogP contribution is -2.32. The fourth-order valence-corrected chi connectivity index (χ4v) is 4.59. The molecule has 3 heterocycles. The Morgan fingerprint density at radius 1 is 1.26 bits per heavy atom. The Hall–Kier alpha value is -3.20. The lowest BCUT2D eigenvalue weighted by atomic mass is 10.1. The first-order valence-electron chi connectivity index (χ1n) is 9.91. The van der Waals surface area contributed by atoms with E-state index in [4.69, 9.17) is 4.74 Å². The molecule has 2 aromatic heterocycles. The van der Waals surface area contributed by atoms with Gasteiger partial charge in [0.05, 0.1) is 31.1 Å². The molecule has 0 radical (unpaired) electrons. The summed E-state index contributed by atoms with van der Waals surface area (Å²) in [4.78, 5) is 38.2. The molecule has 1 aliphatic rings. The van der Waals surface area contributed by atoms with Crippen LogP contribution in [0.15, 0.2) is 46.6 Å². The molecule has 0 spiro atoms. The van der Waals surface area contributed by atoms with Crippen molar-refractivity contribution >= 4 is 17.7 Å². The molecule has 1 aliphatic heterocycles. The first-order chi connectivity index (χ1) is 15.0. The van der Waals surface area contributed by atoms with Crippen molar-refractivity contribution in [3.05, 3.63) is 64.0 Å². The number of hydrogen-bond donors (Lipinski definition) is 1. The summed E-state index contributed by atoms with van der Waals surface area (Å²) in [5.74, 6) is 1.30. The number of methoxy groups -OCH3 is 1. The van der Waals surface area contributed by atoms with Gasteiger partial charge in [-0.25, -0.2) is 15.0 Å². The van der Waals surface area contributed by atoms with Gasteiger partial charge in [0.25, 0.3) is 5.56 Å². The molecule has 1 unspecified atom stereocenters. The van der Waals surface area contributed by atoms with E-state index in [0.29, 0.717) is 22.2 Å². The Balaban J connectivity index is 1.40. The van der Waals surface area contributed by atoms with Crippen molar-refractivity contribution in [1.29, 1.82) is 0 Å². The molecular formula is C22H23N5O3S. The van der Waals surface area contributed by atoms with Gasteiger partial charge >= 0.3 is 0 Å². The normalized spacial score (nSPS) is 14.9. The van der Waals surface area contributed by atoms with Crippen molar-refractivity contribution in [3.63, 3.8) is 0 Å². The topological polar surface area (TPSA) is 99.0 Å². The third-order valence-corrected chi connectivity index (χ3v) is 6.42. The van der Waals surface area contributed by atoms with Gasteiger partial charge < -0.3 is 10.1 Å². The number of fused-ring (bicyclic) bond motifs is 1. The van der Waals surface area contributed by atoms with E-state index in [1.807, 2.05) is 37.3 Å². The number of aryl methyl sites for hydroxylation is 1. The zero-order chi connectivity index (χ0) is 22.0. The van der Waals surface area contributed by atoms with Gasteiger partial charge in [-0.2, -0.15) is 0 Å². The summed E-state index contributed by atoms with van der Waals surface area (Å²) in [6, 6.07) is 9.25. The Labute approximate surface area is 184 Å². The van der Waals surface area contributed by atoms with Crippen LogP contribution in [-0.2, 0) is 11.3 Å². The van der Waals surface area contributed by atoms with Gasteiger partial charge in [0.2, 0.25) is 5.91 Å². The molecule has 3 aromatic rings. The second kappa shape index (κ2) is 8.89. The van der Waals surface area contributed by atoms with Crippen LogP contribution in [0, 0.1) is 13.8 Å². The van der Waals surface area contributed by atoms with Crippen LogP contribution in [-0.4, -0.2) is 38.3 Å². The molecule has 0 aliphatic carbocycles. The Morgan fingerprint density at radius 2 is 2.03 bits per heavy atom. The average molecular weight is 438 g/mol. The van der Waals surface area contributed by atoms with Gasteiger partial charge in [-0.05, 0) is 44.2 Å². The summed E-state index contributed by atoms with van der Waals surface area (Å²) in [6.07, 6.45) is 1.71. The Morgan fingerprint density at radius 3 is 2.77 bits per heavy atom. The molecule has 0 saturated heterocycles. The van der Waals surface area contributed by atoms with E-state index in [2.05, 4.69) is 20.3 Å². The molecule has 1 aromatic carbocycles. The van der Waals surface area contributed by atoms with Crippen LogP contribution in [0.4, 0.5) is 0 Å². The second-order valence-corrected chi connectivity index (χ2v) is 8.34. The Kier molecular flexibility index (Phi) is 6.03. The van der Waals surface area contributed by atoms with E-state index in [0.717, 1.165) is 22.7 Å². The number of amides is 1. The number of carbonyl (C=O) groups is 1. The summed E-state index contributed by atoms with van der Waals surface area (Å²) < 4.78 is 6.83. The van der Waals surface area contributed by atoms with E-state index in [1.165, 1.54) is 18.1 Å². The smallest absolute Gasteiger partial charge is 0.257 e. The van der Waals surface area contributed by atoms with Crippen LogP contribution >= 0.6 is 11.8 Å². The summed E-state index contributed by atoms with van der Waals surface area (Å²) >= 11 is 1.51. The average Bonchev–Trinajstić information content (AvgIpc) is 3.18. The van der Waals surface area contributed by atoms with Crippen molar-refractivity contribution < 1.29 is 9.53 Å². The monoisotopic (exact) mass is 437 g/mol. The number of nitrogens with one attached hydrogen (secondary N) is 1. The lowest BCUT2D eigenvalue weighted by molar-refractivity contribution is -0.121. The van der Waals surface area contributed by atoms with E-state index >= 15 is 0 Å². The summed E-state index contributed by atoms with van der Waals surface area (Å²) in [5, 5.41) is 3.59. The minimum Gasteiger partial charge on any atom is -0.497 e. The standard InChI is InChI=1S/C22H23N5O3S/c1-13-14(2)26-22-27(21(13)29)17(11-31-22)9-20(28)23-10-16-8-19(25-12-24-16)15-4-6-18(30-3)7-5-15/h4-8,12,17H,9-11H2,1-3H3,(H,23,28). The summed E-state index contributed by atoms with van der Waals surface area (Å²) in [7, 11) is 1.62. The van der Waals surface area contributed by atoms with Crippen LogP contribution < -0.4 is 15.6 Å². The van der Waals surface area contributed by atoms with Gasteiger partial charge in [-0.1, -0.05) is 11.8 Å². The van der Waals surface area contributed by atoms with Crippen LogP contribution in [0.2, 0.25) is 0 Å². The zero-order valence-electron chi connectivity index (χ0n) is 17.6. The summed E-state index contributed by atoms with van der Waals surface area (Å²) in [6.45, 7) is 3.89. The molecule has 9 heteroatoms. The van der Waals surface area contributed by atoms with Gasteiger partial charge in [-0.3, -0.25) is 14.2 Å². The maximum absolute atomic E-state index is 12.6. The molecule has 8 nitrogen and oxygen atoms in total. The van der Waals surface area contributed by atoms with Gasteiger partial charge in [0, 0.05) is 29.0 Å². The van der Waals surface area contributed by atoms with E-state index in [-0.39, 0.29) is 30.5 Å². The molecule has 4 rings (SSSR count). The second-order valence-electron chi connectivity index (χ2n) is 7.35. The maximum Gasteiger partial charge on any atom is 0.257 e. The minimum absolute atomic E-state index is 0.0646. The van der Waals surface area contributed by atoms with Crippen molar-refractivity contribution in [2.24, 2.45) is 0 Å². The molecule has 31 heavy (non-hydrogen) atoms. The molecule has 0 bridgehead atoms. The number of rotatable bonds is 6. The first-order valence-corrected chi connectivity index (χ1v) is 10.9. The number of aromatic nitrogens is 4. The van der Waals surface area contributed by atoms with Gasteiger partial charge in [-0.15, -0.1) is 0 Å². The van der Waals surface area contributed by atoms with Crippen LogP contribution in [0.1, 0.15) is 29.4 Å². The van der Waals surface area contributed by atoms with Crippen LogP contribution in [0.25, 0.3) is 11.3 Å². The quantitative estimate of drug-likeness (QED) is 0.592. The van der Waals surface area contributed by atoms with Gasteiger partial charge in [0.15, 0.2) is 5.16 Å². The zero-order valence-corrected chi connectivity index (χ0v) is 18.4. The summed E-state index contributed by atoms with van der Waals surface area (Å²) in [5.41, 5.74) is 3.72. The predicted octanol–water partition coefficient (Wildman–Crippen LogP) is 2.68. The molecule has 160 valence electrons. The molecular weight excluding hydrogens is 414 g/mol. The number of carbonyl (C=O) groups excluding carboxylic acids is 1. The van der Waals surface area contributed by atoms with Crippen LogP contribution in [0.5, 0.6) is 5.75 Å². The van der Waals surface area contributed by atoms with E-state index in [1.54, 1.807) is 18.6 Å². The molecule has 0 saturated carbocycles.